The zero-order chi connectivity index (χ0) is 35.8. The van der Waals surface area contributed by atoms with Crippen LogP contribution in [0.25, 0.3) is 70.3 Å². The van der Waals surface area contributed by atoms with Crippen molar-refractivity contribution >= 4 is 43.1 Å². The molecule has 0 saturated heterocycles. The molecule has 0 bridgehead atoms. The van der Waals surface area contributed by atoms with Crippen LogP contribution >= 0.6 is 11.3 Å². The van der Waals surface area contributed by atoms with Crippen LogP contribution in [-0.2, 0) is 5.41 Å². The summed E-state index contributed by atoms with van der Waals surface area (Å²) in [6.07, 6.45) is 0. The number of hydrogen-bond donors (Lipinski definition) is 0. The highest BCUT2D eigenvalue weighted by atomic mass is 32.1. The molecule has 0 fully saturated rings. The lowest BCUT2D eigenvalue weighted by Gasteiger charge is -2.34. The van der Waals surface area contributed by atoms with Crippen LogP contribution in [-0.4, -0.2) is 4.57 Å². The molecule has 10 aromatic rings. The fourth-order valence-electron chi connectivity index (χ4n) is 9.41. The van der Waals surface area contributed by atoms with Gasteiger partial charge in [-0.2, -0.15) is 0 Å². The van der Waals surface area contributed by atoms with Crippen molar-refractivity contribution in [1.82, 2.24) is 4.57 Å². The highest BCUT2D eigenvalue weighted by Gasteiger charge is 2.46. The molecule has 0 saturated carbocycles. The Morgan fingerprint density at radius 2 is 1.09 bits per heavy atom. The van der Waals surface area contributed by atoms with E-state index in [-0.39, 0.29) is 0 Å². The van der Waals surface area contributed by atoms with Crippen molar-refractivity contribution in [1.29, 1.82) is 0 Å². The fourth-order valence-corrected chi connectivity index (χ4v) is 10.7. The van der Waals surface area contributed by atoms with Gasteiger partial charge in [-0.15, -0.1) is 11.3 Å². The maximum atomic E-state index is 2.59. The predicted octanol–water partition coefficient (Wildman–Crippen LogP) is 14.0. The summed E-state index contributed by atoms with van der Waals surface area (Å²) in [5, 5.41) is 5.07. The minimum atomic E-state index is -0.489. The molecule has 0 atom stereocenters. The van der Waals surface area contributed by atoms with Gasteiger partial charge in [0.15, 0.2) is 0 Å². The predicted molar refractivity (Wildman–Crippen MR) is 229 cm³/mol. The van der Waals surface area contributed by atoms with E-state index < -0.39 is 5.41 Å². The van der Waals surface area contributed by atoms with E-state index >= 15 is 0 Å². The maximum Gasteiger partial charge on any atom is 0.0714 e. The molecule has 1 nitrogen and oxygen atoms in total. The van der Waals surface area contributed by atoms with Crippen molar-refractivity contribution in [3.05, 3.63) is 222 Å². The zero-order valence-electron chi connectivity index (χ0n) is 29.8. The number of benzene rings is 8. The summed E-state index contributed by atoms with van der Waals surface area (Å²) in [4.78, 5) is 1.29. The smallest absolute Gasteiger partial charge is 0.0714 e. The number of hydrogen-bond acceptors (Lipinski definition) is 1. The normalized spacial score (nSPS) is 13.1. The first-order chi connectivity index (χ1) is 26.7. The standard InChI is InChI=1S/C52H35NS/c1-34-40-31-29-35-17-11-12-24-41(35)50(40)53(49(34)51-48(36-18-5-2-6-19-36)44-26-14-16-28-47(44)54-51)39-30-32-43-42-25-13-15-27-45(42)52(46(43)33-39,37-20-7-3-8-21-37)38-22-9-4-10-23-38/h2-33H,1H3. The fraction of sp³-hybridized carbons (Fsp3) is 0.0385. The molecule has 8 aromatic carbocycles. The van der Waals surface area contributed by atoms with Gasteiger partial charge in [-0.25, -0.2) is 0 Å². The molecule has 0 N–H and O–H groups in total. The highest BCUT2D eigenvalue weighted by Crippen LogP contribution is 2.57. The number of nitrogens with zero attached hydrogens (tertiary/aromatic N) is 1. The van der Waals surface area contributed by atoms with Gasteiger partial charge in [0.2, 0.25) is 0 Å². The molecule has 54 heavy (non-hydrogen) atoms. The number of aromatic nitrogens is 1. The van der Waals surface area contributed by atoms with Crippen molar-refractivity contribution in [2.24, 2.45) is 0 Å². The molecule has 0 unspecified atom stereocenters. The number of fused-ring (bicyclic) bond motifs is 7. The molecular weight excluding hydrogens is 671 g/mol. The summed E-state index contributed by atoms with van der Waals surface area (Å²) in [6, 6.07) is 71.8. The Hall–Kier alpha value is -6.48. The third-order valence-corrected chi connectivity index (χ3v) is 12.9. The summed E-state index contributed by atoms with van der Waals surface area (Å²) in [5.74, 6) is 0. The van der Waals surface area contributed by atoms with E-state index in [4.69, 9.17) is 0 Å². The topological polar surface area (TPSA) is 4.93 Å². The lowest BCUT2D eigenvalue weighted by atomic mass is 9.67. The summed E-state index contributed by atoms with van der Waals surface area (Å²) in [5.41, 5.74) is 14.8. The van der Waals surface area contributed by atoms with Crippen LogP contribution in [0, 0.1) is 6.92 Å². The van der Waals surface area contributed by atoms with E-state index in [0.717, 1.165) is 0 Å². The van der Waals surface area contributed by atoms with Crippen LogP contribution in [0.3, 0.4) is 0 Å². The van der Waals surface area contributed by atoms with Crippen molar-refractivity contribution in [2.45, 2.75) is 12.3 Å². The lowest BCUT2D eigenvalue weighted by Crippen LogP contribution is -2.28. The molecule has 0 aliphatic heterocycles. The molecule has 2 heterocycles. The van der Waals surface area contributed by atoms with Crippen LogP contribution < -0.4 is 0 Å². The number of thiophene rings is 1. The Bertz CT molecular complexity index is 3000. The van der Waals surface area contributed by atoms with Crippen LogP contribution in [0.15, 0.2) is 194 Å². The van der Waals surface area contributed by atoms with Gasteiger partial charge >= 0.3 is 0 Å². The van der Waals surface area contributed by atoms with Crippen molar-refractivity contribution in [3.8, 4) is 38.5 Å². The number of aryl methyl sites for hydroxylation is 1. The molecular formula is C52H35NS. The van der Waals surface area contributed by atoms with E-state index in [2.05, 4.69) is 206 Å². The minimum Gasteiger partial charge on any atom is -0.308 e. The van der Waals surface area contributed by atoms with Crippen molar-refractivity contribution < 1.29 is 0 Å². The van der Waals surface area contributed by atoms with Crippen LogP contribution in [0.5, 0.6) is 0 Å². The van der Waals surface area contributed by atoms with Crippen LogP contribution in [0.2, 0.25) is 0 Å². The average molecular weight is 706 g/mol. The Morgan fingerprint density at radius 3 is 1.85 bits per heavy atom. The second-order valence-corrected chi connectivity index (χ2v) is 15.5. The lowest BCUT2D eigenvalue weighted by molar-refractivity contribution is 0.767. The Balaban J connectivity index is 1.29. The first-order valence-electron chi connectivity index (χ1n) is 18.7. The molecule has 0 spiro atoms. The van der Waals surface area contributed by atoms with Gasteiger partial charge in [0.1, 0.15) is 0 Å². The van der Waals surface area contributed by atoms with Crippen LogP contribution in [0.4, 0.5) is 0 Å². The minimum absolute atomic E-state index is 0.489. The molecule has 2 heteroatoms. The first-order valence-corrected chi connectivity index (χ1v) is 19.5. The first kappa shape index (κ1) is 31.1. The summed E-state index contributed by atoms with van der Waals surface area (Å²) >= 11 is 1.90. The maximum absolute atomic E-state index is 2.59. The van der Waals surface area contributed by atoms with E-state index in [1.54, 1.807) is 0 Å². The van der Waals surface area contributed by atoms with E-state index in [1.165, 1.54) is 98.1 Å². The Labute approximate surface area is 319 Å². The Kier molecular flexibility index (Phi) is 6.92. The largest absolute Gasteiger partial charge is 0.308 e. The van der Waals surface area contributed by atoms with E-state index in [9.17, 15) is 0 Å². The molecule has 11 rings (SSSR count). The van der Waals surface area contributed by atoms with E-state index in [0.29, 0.717) is 0 Å². The van der Waals surface area contributed by atoms with Gasteiger partial charge in [-0.1, -0.05) is 176 Å². The van der Waals surface area contributed by atoms with E-state index in [1.807, 2.05) is 11.3 Å². The van der Waals surface area contributed by atoms with Gasteiger partial charge in [0.25, 0.3) is 0 Å². The SMILES string of the molecule is Cc1c(-c2sc3ccccc3c2-c2ccccc2)n(-c2ccc3c(c2)C(c2ccccc2)(c2ccccc2)c2ccccc2-3)c2c1ccc1ccccc12. The molecule has 0 amide bonds. The number of rotatable bonds is 5. The Morgan fingerprint density at radius 1 is 0.481 bits per heavy atom. The monoisotopic (exact) mass is 705 g/mol. The molecule has 0 radical (unpaired) electrons. The van der Waals surface area contributed by atoms with Gasteiger partial charge in [-0.05, 0) is 75.0 Å². The molecule has 254 valence electrons. The van der Waals surface area contributed by atoms with Gasteiger partial charge in [0.05, 0.1) is 21.5 Å². The van der Waals surface area contributed by atoms with Gasteiger partial charge in [0, 0.05) is 32.1 Å². The quantitative estimate of drug-likeness (QED) is 0.168. The highest BCUT2D eigenvalue weighted by molar-refractivity contribution is 7.23. The third-order valence-electron chi connectivity index (χ3n) is 11.7. The molecule has 1 aliphatic carbocycles. The van der Waals surface area contributed by atoms with Gasteiger partial charge < -0.3 is 4.57 Å². The molecule has 1 aliphatic rings. The van der Waals surface area contributed by atoms with Crippen LogP contribution in [0.1, 0.15) is 27.8 Å². The van der Waals surface area contributed by atoms with Gasteiger partial charge in [-0.3, -0.25) is 0 Å². The zero-order valence-corrected chi connectivity index (χ0v) is 30.6. The second kappa shape index (κ2) is 12.0. The average Bonchev–Trinajstić information content (AvgIpc) is 3.87. The summed E-state index contributed by atoms with van der Waals surface area (Å²) in [6.45, 7) is 2.32. The summed E-state index contributed by atoms with van der Waals surface area (Å²) in [7, 11) is 0. The van der Waals surface area contributed by atoms with Crippen molar-refractivity contribution in [3.63, 3.8) is 0 Å². The molecule has 2 aromatic heterocycles. The third kappa shape index (κ3) is 4.32. The summed E-state index contributed by atoms with van der Waals surface area (Å²) < 4.78 is 3.89. The second-order valence-electron chi connectivity index (χ2n) is 14.4. The van der Waals surface area contributed by atoms with Crippen molar-refractivity contribution in [2.75, 3.05) is 0 Å².